The highest BCUT2D eigenvalue weighted by Gasteiger charge is 2.47. The van der Waals surface area contributed by atoms with E-state index in [1.54, 1.807) is 7.11 Å². The Kier molecular flexibility index (Phi) is 4.02. The van der Waals surface area contributed by atoms with Gasteiger partial charge in [-0.05, 0) is 0 Å². The summed E-state index contributed by atoms with van der Waals surface area (Å²) in [6.45, 7) is 0.407. The third-order valence-corrected chi connectivity index (χ3v) is 3.81. The van der Waals surface area contributed by atoms with Crippen molar-refractivity contribution in [2.75, 3.05) is 13.7 Å². The Hall–Kier alpha value is -1.02. The lowest BCUT2D eigenvalue weighted by Gasteiger charge is -2.47. The SMILES string of the molecule is CO[C@@H]1O[C@@H]2CO[C@H](c3ccccc3)O[C@H]2[C@H](N)[C@H]1N. The molecule has 0 aromatic heterocycles. The van der Waals surface area contributed by atoms with E-state index in [4.69, 9.17) is 30.4 Å². The Balaban J connectivity index is 1.74. The molecular formula is C14H20N2O4. The van der Waals surface area contributed by atoms with Crippen molar-refractivity contribution in [2.45, 2.75) is 36.9 Å². The summed E-state index contributed by atoms with van der Waals surface area (Å²) in [5.74, 6) is 0. The first-order chi connectivity index (χ1) is 9.70. The lowest BCUT2D eigenvalue weighted by Crippen LogP contribution is -2.67. The molecule has 20 heavy (non-hydrogen) atoms. The number of nitrogens with two attached hydrogens (primary N) is 2. The van der Waals surface area contributed by atoms with E-state index in [9.17, 15) is 0 Å². The third kappa shape index (κ3) is 2.46. The van der Waals surface area contributed by atoms with Crippen molar-refractivity contribution in [3.05, 3.63) is 35.9 Å². The highest BCUT2D eigenvalue weighted by Crippen LogP contribution is 2.32. The molecule has 6 nitrogen and oxygen atoms in total. The van der Waals surface area contributed by atoms with Crippen molar-refractivity contribution < 1.29 is 18.9 Å². The van der Waals surface area contributed by atoms with Crippen LogP contribution < -0.4 is 11.5 Å². The molecule has 1 aromatic rings. The van der Waals surface area contributed by atoms with Gasteiger partial charge >= 0.3 is 0 Å². The summed E-state index contributed by atoms with van der Waals surface area (Å²) in [6, 6.07) is 8.97. The minimum Gasteiger partial charge on any atom is -0.354 e. The quantitative estimate of drug-likeness (QED) is 0.800. The van der Waals surface area contributed by atoms with Gasteiger partial charge in [0.2, 0.25) is 0 Å². The van der Waals surface area contributed by atoms with E-state index in [1.807, 2.05) is 30.3 Å². The predicted molar refractivity (Wildman–Crippen MR) is 71.6 cm³/mol. The second kappa shape index (κ2) is 5.77. The molecule has 0 saturated carbocycles. The van der Waals surface area contributed by atoms with Crippen LogP contribution in [0.3, 0.4) is 0 Å². The van der Waals surface area contributed by atoms with Gasteiger partial charge in [0.15, 0.2) is 12.6 Å². The van der Waals surface area contributed by atoms with Crippen LogP contribution in [0.1, 0.15) is 11.9 Å². The second-order valence-electron chi connectivity index (χ2n) is 5.11. The number of hydrogen-bond donors (Lipinski definition) is 2. The Labute approximate surface area is 117 Å². The van der Waals surface area contributed by atoms with Crippen molar-refractivity contribution in [2.24, 2.45) is 11.5 Å². The van der Waals surface area contributed by atoms with E-state index in [2.05, 4.69) is 0 Å². The standard InChI is InChI=1S/C14H20N2O4/c1-17-14-11(16)10(15)12-9(19-14)7-18-13(20-12)8-5-3-2-4-6-8/h2-6,9-14H,7,15-16H2,1H3/t9-,10-,11-,12-,13+,14-/m1/s1. The third-order valence-electron chi connectivity index (χ3n) is 3.81. The molecular weight excluding hydrogens is 260 g/mol. The van der Waals surface area contributed by atoms with Gasteiger partial charge in [0, 0.05) is 12.7 Å². The van der Waals surface area contributed by atoms with Crippen molar-refractivity contribution in [3.63, 3.8) is 0 Å². The molecule has 4 N–H and O–H groups in total. The fraction of sp³-hybridized carbons (Fsp3) is 0.571. The Bertz CT molecular complexity index is 442. The van der Waals surface area contributed by atoms with Gasteiger partial charge in [-0.25, -0.2) is 0 Å². The molecule has 110 valence electrons. The maximum atomic E-state index is 6.17. The first-order valence-corrected chi connectivity index (χ1v) is 6.72. The van der Waals surface area contributed by atoms with Crippen LogP contribution in [0.2, 0.25) is 0 Å². The molecule has 0 unspecified atom stereocenters. The molecule has 2 heterocycles. The molecule has 6 atom stereocenters. The Morgan fingerprint density at radius 2 is 1.85 bits per heavy atom. The van der Waals surface area contributed by atoms with E-state index in [-0.39, 0.29) is 18.2 Å². The normalized spacial score (nSPS) is 41.1. The van der Waals surface area contributed by atoms with Gasteiger partial charge in [0.25, 0.3) is 0 Å². The maximum Gasteiger partial charge on any atom is 0.184 e. The fourth-order valence-corrected chi connectivity index (χ4v) is 2.66. The van der Waals surface area contributed by atoms with Crippen LogP contribution in [0, 0.1) is 0 Å². The van der Waals surface area contributed by atoms with E-state index in [0.717, 1.165) is 5.56 Å². The van der Waals surface area contributed by atoms with Gasteiger partial charge in [-0.3, -0.25) is 0 Å². The van der Waals surface area contributed by atoms with Crippen molar-refractivity contribution >= 4 is 0 Å². The average Bonchev–Trinajstić information content (AvgIpc) is 2.51. The summed E-state index contributed by atoms with van der Waals surface area (Å²) >= 11 is 0. The highest BCUT2D eigenvalue weighted by molar-refractivity contribution is 5.16. The molecule has 2 aliphatic heterocycles. The van der Waals surface area contributed by atoms with E-state index in [0.29, 0.717) is 6.61 Å². The maximum absolute atomic E-state index is 6.17. The van der Waals surface area contributed by atoms with E-state index >= 15 is 0 Å². The van der Waals surface area contributed by atoms with Gasteiger partial charge in [0.1, 0.15) is 12.2 Å². The summed E-state index contributed by atoms with van der Waals surface area (Å²) in [5.41, 5.74) is 13.2. The van der Waals surface area contributed by atoms with Crippen molar-refractivity contribution in [1.29, 1.82) is 0 Å². The van der Waals surface area contributed by atoms with Crippen LogP contribution in [-0.2, 0) is 18.9 Å². The molecule has 0 aliphatic carbocycles. The molecule has 0 amide bonds. The minimum absolute atomic E-state index is 0.255. The van der Waals surface area contributed by atoms with Crippen molar-refractivity contribution in [3.8, 4) is 0 Å². The Morgan fingerprint density at radius 1 is 1.10 bits per heavy atom. The first kappa shape index (κ1) is 13.9. The Morgan fingerprint density at radius 3 is 2.55 bits per heavy atom. The summed E-state index contributed by atoms with van der Waals surface area (Å²) in [7, 11) is 1.55. The summed E-state index contributed by atoms with van der Waals surface area (Å²) < 4.78 is 22.6. The van der Waals surface area contributed by atoms with Gasteiger partial charge in [-0.15, -0.1) is 0 Å². The second-order valence-corrected chi connectivity index (χ2v) is 5.11. The summed E-state index contributed by atoms with van der Waals surface area (Å²) in [5, 5.41) is 0. The van der Waals surface area contributed by atoms with E-state index < -0.39 is 18.6 Å². The van der Waals surface area contributed by atoms with Gasteiger partial charge < -0.3 is 30.4 Å². The van der Waals surface area contributed by atoms with Gasteiger partial charge in [-0.1, -0.05) is 30.3 Å². The predicted octanol–water partition coefficient (Wildman–Crippen LogP) is 0.127. The molecule has 6 heteroatoms. The molecule has 0 radical (unpaired) electrons. The zero-order chi connectivity index (χ0) is 14.1. The van der Waals surface area contributed by atoms with Crippen LogP contribution in [0.4, 0.5) is 0 Å². The number of fused-ring (bicyclic) bond motifs is 1. The lowest BCUT2D eigenvalue weighted by atomic mass is 9.94. The van der Waals surface area contributed by atoms with Gasteiger partial charge in [-0.2, -0.15) is 0 Å². The van der Waals surface area contributed by atoms with Crippen LogP contribution in [0.5, 0.6) is 0 Å². The smallest absolute Gasteiger partial charge is 0.184 e. The minimum atomic E-state index is -0.522. The topological polar surface area (TPSA) is 89.0 Å². The molecule has 2 fully saturated rings. The molecule has 0 spiro atoms. The summed E-state index contributed by atoms with van der Waals surface area (Å²) in [4.78, 5) is 0. The first-order valence-electron chi connectivity index (χ1n) is 6.72. The average molecular weight is 280 g/mol. The molecule has 2 saturated heterocycles. The van der Waals surface area contributed by atoms with Crippen LogP contribution >= 0.6 is 0 Å². The van der Waals surface area contributed by atoms with Crippen LogP contribution in [0.25, 0.3) is 0 Å². The summed E-state index contributed by atoms with van der Waals surface area (Å²) in [6.07, 6.45) is -1.50. The molecule has 3 rings (SSSR count). The number of hydrogen-bond acceptors (Lipinski definition) is 6. The van der Waals surface area contributed by atoms with Crippen LogP contribution in [0.15, 0.2) is 30.3 Å². The van der Waals surface area contributed by atoms with E-state index in [1.165, 1.54) is 0 Å². The largest absolute Gasteiger partial charge is 0.354 e. The fourth-order valence-electron chi connectivity index (χ4n) is 2.66. The molecule has 1 aromatic carbocycles. The highest BCUT2D eigenvalue weighted by atomic mass is 16.7. The molecule has 2 aliphatic rings. The number of rotatable bonds is 2. The number of methoxy groups -OCH3 is 1. The van der Waals surface area contributed by atoms with Crippen LogP contribution in [-0.4, -0.2) is 44.3 Å². The van der Waals surface area contributed by atoms with Crippen molar-refractivity contribution in [1.82, 2.24) is 0 Å². The van der Waals surface area contributed by atoms with Gasteiger partial charge in [0.05, 0.1) is 18.7 Å². The molecule has 0 bridgehead atoms. The number of ether oxygens (including phenoxy) is 4. The zero-order valence-corrected chi connectivity index (χ0v) is 11.3. The number of benzene rings is 1. The lowest BCUT2D eigenvalue weighted by molar-refractivity contribution is -0.321. The zero-order valence-electron chi connectivity index (χ0n) is 11.3. The monoisotopic (exact) mass is 280 g/mol.